The number of aromatic nitrogens is 2. The molecule has 3 aromatic rings. The topological polar surface area (TPSA) is 122 Å². The predicted octanol–water partition coefficient (Wildman–Crippen LogP) is 3.34. The predicted molar refractivity (Wildman–Crippen MR) is 137 cm³/mol. The number of amides is 4. The van der Waals surface area contributed by atoms with Gasteiger partial charge in [-0.05, 0) is 54.3 Å². The number of nitrogens with two attached hydrogens (primary N) is 1. The summed E-state index contributed by atoms with van der Waals surface area (Å²) >= 11 is 0. The van der Waals surface area contributed by atoms with Gasteiger partial charge in [0.05, 0.1) is 12.0 Å². The Morgan fingerprint density at radius 3 is 2.58 bits per heavy atom. The SMILES string of the molecule is CCC[C@H](NC(=O)N1C(=O)[C@H](Cc2ccnc(N)c2)[C@H]1C(=O)N(C)c1ccccc1)c1cccnc1. The Morgan fingerprint density at radius 2 is 1.92 bits per heavy atom. The van der Waals surface area contributed by atoms with Crippen LogP contribution in [0.4, 0.5) is 16.3 Å². The van der Waals surface area contributed by atoms with Crippen LogP contribution in [0.5, 0.6) is 0 Å². The van der Waals surface area contributed by atoms with Crippen molar-refractivity contribution in [2.75, 3.05) is 17.7 Å². The summed E-state index contributed by atoms with van der Waals surface area (Å²) in [6.07, 6.45) is 6.68. The lowest BCUT2D eigenvalue weighted by Crippen LogP contribution is -2.70. The summed E-state index contributed by atoms with van der Waals surface area (Å²) in [6, 6.07) is 14.4. The van der Waals surface area contributed by atoms with Gasteiger partial charge in [0.25, 0.3) is 5.91 Å². The largest absolute Gasteiger partial charge is 0.384 e. The highest BCUT2D eigenvalue weighted by Gasteiger charge is 2.55. The van der Waals surface area contributed by atoms with Crippen LogP contribution >= 0.6 is 0 Å². The molecular formula is C27H30N6O3. The van der Waals surface area contributed by atoms with Gasteiger partial charge < -0.3 is 16.0 Å². The van der Waals surface area contributed by atoms with Gasteiger partial charge in [0.1, 0.15) is 11.9 Å². The molecule has 2 aromatic heterocycles. The number of hydrogen-bond donors (Lipinski definition) is 2. The Hall–Kier alpha value is -4.27. The van der Waals surface area contributed by atoms with E-state index in [2.05, 4.69) is 15.3 Å². The quantitative estimate of drug-likeness (QED) is 0.471. The van der Waals surface area contributed by atoms with E-state index in [0.717, 1.165) is 22.4 Å². The number of hydrogen-bond acceptors (Lipinski definition) is 6. The summed E-state index contributed by atoms with van der Waals surface area (Å²) < 4.78 is 0. The summed E-state index contributed by atoms with van der Waals surface area (Å²) in [5, 5.41) is 2.95. The fraction of sp³-hybridized carbons (Fsp3) is 0.296. The van der Waals surface area contributed by atoms with Gasteiger partial charge in [0, 0.05) is 31.3 Å². The third-order valence-corrected chi connectivity index (χ3v) is 6.42. The van der Waals surface area contributed by atoms with Crippen molar-refractivity contribution in [1.82, 2.24) is 20.2 Å². The minimum absolute atomic E-state index is 0.273. The van der Waals surface area contributed by atoms with E-state index in [1.807, 2.05) is 31.2 Å². The van der Waals surface area contributed by atoms with Crippen molar-refractivity contribution in [3.8, 4) is 0 Å². The standard InChI is InChI=1S/C27H30N6O3/c1-3-8-22(19-9-7-13-29-17-19)31-27(36)33-24(26(35)32(2)20-10-5-4-6-11-20)21(25(33)34)15-18-12-14-30-23(28)16-18/h4-7,9-14,16-17,21-22,24H,3,8,15H2,1-2H3,(H2,28,30)(H,31,36)/t21-,22+,24+/m1/s1. The molecule has 0 unspecified atom stereocenters. The van der Waals surface area contributed by atoms with Crippen molar-refractivity contribution in [1.29, 1.82) is 0 Å². The van der Waals surface area contributed by atoms with Crippen LogP contribution in [-0.4, -0.2) is 45.8 Å². The van der Waals surface area contributed by atoms with Crippen LogP contribution in [0, 0.1) is 5.92 Å². The number of nitrogens with one attached hydrogen (secondary N) is 1. The van der Waals surface area contributed by atoms with Crippen LogP contribution in [0.2, 0.25) is 0 Å². The summed E-state index contributed by atoms with van der Waals surface area (Å²) in [5.74, 6) is -1.10. The fourth-order valence-corrected chi connectivity index (χ4v) is 4.52. The highest BCUT2D eigenvalue weighted by molar-refractivity contribution is 6.12. The molecular weight excluding hydrogens is 456 g/mol. The molecule has 1 aromatic carbocycles. The van der Waals surface area contributed by atoms with Gasteiger partial charge >= 0.3 is 6.03 Å². The number of likely N-dealkylation sites (N-methyl/N-ethyl adjacent to an activating group) is 1. The van der Waals surface area contributed by atoms with Crippen LogP contribution in [0.25, 0.3) is 0 Å². The number of β-lactam (4-membered cyclic amide) rings is 1. The first-order valence-corrected chi connectivity index (χ1v) is 12.0. The van der Waals surface area contributed by atoms with Gasteiger partial charge in [-0.3, -0.25) is 19.5 Å². The summed E-state index contributed by atoms with van der Waals surface area (Å²) in [5.41, 5.74) is 8.10. The molecule has 0 radical (unpaired) electrons. The Morgan fingerprint density at radius 1 is 1.14 bits per heavy atom. The number of pyridine rings is 2. The Bertz CT molecular complexity index is 1220. The number of carbonyl (C=O) groups is 3. The summed E-state index contributed by atoms with van der Waals surface area (Å²) in [4.78, 5) is 51.0. The number of likely N-dealkylation sites (tertiary alicyclic amines) is 1. The van der Waals surface area contributed by atoms with Crippen LogP contribution < -0.4 is 16.0 Å². The van der Waals surface area contributed by atoms with E-state index in [1.165, 1.54) is 4.90 Å². The number of nitrogens with zero attached hydrogens (tertiary/aromatic N) is 4. The van der Waals surface area contributed by atoms with Gasteiger partial charge in [-0.15, -0.1) is 0 Å². The molecule has 186 valence electrons. The second-order valence-corrected chi connectivity index (χ2v) is 8.86. The van der Waals surface area contributed by atoms with E-state index < -0.39 is 23.9 Å². The Balaban J connectivity index is 1.60. The molecule has 1 aliphatic rings. The van der Waals surface area contributed by atoms with Gasteiger partial charge in [-0.1, -0.05) is 37.6 Å². The number of para-hydroxylation sites is 1. The van der Waals surface area contributed by atoms with Crippen molar-refractivity contribution in [2.24, 2.45) is 5.92 Å². The summed E-state index contributed by atoms with van der Waals surface area (Å²) in [7, 11) is 1.65. The molecule has 0 aliphatic carbocycles. The molecule has 9 nitrogen and oxygen atoms in total. The Kier molecular flexibility index (Phi) is 7.58. The van der Waals surface area contributed by atoms with E-state index in [-0.39, 0.29) is 18.4 Å². The second kappa shape index (κ2) is 11.0. The number of rotatable bonds is 8. The van der Waals surface area contributed by atoms with Crippen LogP contribution in [-0.2, 0) is 16.0 Å². The molecule has 4 amide bonds. The van der Waals surface area contributed by atoms with Gasteiger partial charge in [0.15, 0.2) is 0 Å². The van der Waals surface area contributed by atoms with E-state index in [9.17, 15) is 14.4 Å². The lowest BCUT2D eigenvalue weighted by Gasteiger charge is -2.46. The minimum Gasteiger partial charge on any atom is -0.384 e. The van der Waals surface area contributed by atoms with Crippen LogP contribution in [0.3, 0.4) is 0 Å². The maximum absolute atomic E-state index is 13.6. The van der Waals surface area contributed by atoms with Crippen LogP contribution in [0.1, 0.15) is 36.9 Å². The molecule has 3 atom stereocenters. The van der Waals surface area contributed by atoms with Gasteiger partial charge in [-0.2, -0.15) is 0 Å². The van der Waals surface area contributed by atoms with Crippen molar-refractivity contribution >= 4 is 29.4 Å². The molecule has 9 heteroatoms. The zero-order chi connectivity index (χ0) is 25.7. The smallest absolute Gasteiger partial charge is 0.325 e. The zero-order valence-electron chi connectivity index (χ0n) is 20.4. The van der Waals surface area contributed by atoms with Crippen LogP contribution in [0.15, 0.2) is 73.2 Å². The second-order valence-electron chi connectivity index (χ2n) is 8.86. The normalized spacial score (nSPS) is 17.7. The van der Waals surface area contributed by atoms with Crippen molar-refractivity contribution in [2.45, 2.75) is 38.3 Å². The monoisotopic (exact) mass is 486 g/mol. The number of urea groups is 1. The van der Waals surface area contributed by atoms with Gasteiger partial charge in [0.2, 0.25) is 5.91 Å². The lowest BCUT2D eigenvalue weighted by molar-refractivity contribution is -0.156. The number of benzene rings is 1. The molecule has 1 saturated heterocycles. The zero-order valence-corrected chi connectivity index (χ0v) is 20.4. The van der Waals surface area contributed by atoms with E-state index in [0.29, 0.717) is 17.9 Å². The fourth-order valence-electron chi connectivity index (χ4n) is 4.52. The average Bonchev–Trinajstić information content (AvgIpc) is 2.90. The third-order valence-electron chi connectivity index (χ3n) is 6.42. The molecule has 0 spiro atoms. The molecule has 0 bridgehead atoms. The minimum atomic E-state index is -0.951. The molecule has 3 heterocycles. The molecule has 36 heavy (non-hydrogen) atoms. The first-order chi connectivity index (χ1) is 17.4. The number of anilines is 2. The number of carbonyl (C=O) groups excluding carboxylic acids is 3. The number of imide groups is 1. The van der Waals surface area contributed by atoms with E-state index in [4.69, 9.17) is 5.73 Å². The lowest BCUT2D eigenvalue weighted by atomic mass is 9.81. The maximum Gasteiger partial charge on any atom is 0.325 e. The maximum atomic E-state index is 13.6. The van der Waals surface area contributed by atoms with E-state index in [1.54, 1.807) is 56.0 Å². The van der Waals surface area contributed by atoms with E-state index >= 15 is 0 Å². The number of nitrogen functional groups attached to an aromatic ring is 1. The highest BCUT2D eigenvalue weighted by atomic mass is 16.2. The third kappa shape index (κ3) is 5.19. The van der Waals surface area contributed by atoms with Crippen molar-refractivity contribution in [3.63, 3.8) is 0 Å². The molecule has 0 saturated carbocycles. The molecule has 1 fully saturated rings. The van der Waals surface area contributed by atoms with Gasteiger partial charge in [-0.25, -0.2) is 9.78 Å². The average molecular weight is 487 g/mol. The van der Waals surface area contributed by atoms with Crippen molar-refractivity contribution < 1.29 is 14.4 Å². The molecule has 1 aliphatic heterocycles. The first-order valence-electron chi connectivity index (χ1n) is 12.0. The molecule has 3 N–H and O–H groups in total. The summed E-state index contributed by atoms with van der Waals surface area (Å²) in [6.45, 7) is 2.02. The first kappa shape index (κ1) is 24.8. The highest BCUT2D eigenvalue weighted by Crippen LogP contribution is 2.33. The Labute approximate surface area is 210 Å². The van der Waals surface area contributed by atoms with Crippen molar-refractivity contribution in [3.05, 3.63) is 84.3 Å². The molecule has 4 rings (SSSR count).